The molecule has 1 fully saturated rings. The van der Waals surface area contributed by atoms with E-state index in [2.05, 4.69) is 66.0 Å². The summed E-state index contributed by atoms with van der Waals surface area (Å²) in [7, 11) is 0. The Bertz CT molecular complexity index is 1500. The van der Waals surface area contributed by atoms with E-state index in [4.69, 9.17) is 9.40 Å². The van der Waals surface area contributed by atoms with Crippen molar-refractivity contribution in [2.45, 2.75) is 44.4 Å². The van der Waals surface area contributed by atoms with E-state index in [1.807, 2.05) is 54.6 Å². The van der Waals surface area contributed by atoms with Gasteiger partial charge >= 0.3 is 0 Å². The van der Waals surface area contributed by atoms with Gasteiger partial charge in [-0.3, -0.25) is 4.79 Å². The Balaban J connectivity index is 1.15. The van der Waals surface area contributed by atoms with Gasteiger partial charge in [0, 0.05) is 29.2 Å². The first kappa shape index (κ1) is 26.8. The Kier molecular flexibility index (Phi) is 8.37. The van der Waals surface area contributed by atoms with Gasteiger partial charge < -0.3 is 9.73 Å². The molecule has 41 heavy (non-hydrogen) atoms. The minimum atomic E-state index is -0.00408. The summed E-state index contributed by atoms with van der Waals surface area (Å²) in [6.45, 7) is 0.667. The predicted molar refractivity (Wildman–Crippen MR) is 165 cm³/mol. The molecule has 0 spiro atoms. The molecule has 2 unspecified atom stereocenters. The Morgan fingerprint density at radius 1 is 0.780 bits per heavy atom. The first-order valence-electron chi connectivity index (χ1n) is 14.8. The van der Waals surface area contributed by atoms with E-state index < -0.39 is 0 Å². The van der Waals surface area contributed by atoms with E-state index >= 15 is 0 Å². The first-order valence-corrected chi connectivity index (χ1v) is 14.8. The van der Waals surface area contributed by atoms with Gasteiger partial charge in [-0.25, -0.2) is 4.98 Å². The van der Waals surface area contributed by atoms with E-state index in [-0.39, 0.29) is 11.8 Å². The molecule has 2 atom stereocenters. The summed E-state index contributed by atoms with van der Waals surface area (Å²) >= 11 is 0. The molecule has 0 aliphatic heterocycles. The molecule has 1 aromatic heterocycles. The van der Waals surface area contributed by atoms with Crippen LogP contribution in [0.25, 0.3) is 22.6 Å². The van der Waals surface area contributed by atoms with Gasteiger partial charge in [-0.1, -0.05) is 110 Å². The molecular formula is C37H36N2O2. The van der Waals surface area contributed by atoms with Crippen molar-refractivity contribution in [3.63, 3.8) is 0 Å². The number of benzene rings is 4. The molecule has 1 amide bonds. The van der Waals surface area contributed by atoms with Crippen molar-refractivity contribution in [1.82, 2.24) is 10.3 Å². The van der Waals surface area contributed by atoms with E-state index in [9.17, 15) is 4.79 Å². The second-order valence-corrected chi connectivity index (χ2v) is 11.0. The van der Waals surface area contributed by atoms with Crippen LogP contribution in [-0.4, -0.2) is 17.4 Å². The van der Waals surface area contributed by atoms with Gasteiger partial charge in [0.25, 0.3) is 5.91 Å². The van der Waals surface area contributed by atoms with Crippen molar-refractivity contribution in [3.8, 4) is 22.6 Å². The zero-order valence-electron chi connectivity index (χ0n) is 23.3. The van der Waals surface area contributed by atoms with E-state index in [0.29, 0.717) is 12.5 Å². The second-order valence-electron chi connectivity index (χ2n) is 11.0. The fourth-order valence-corrected chi connectivity index (χ4v) is 6.06. The van der Waals surface area contributed by atoms with E-state index in [1.165, 1.54) is 11.1 Å². The van der Waals surface area contributed by atoms with Gasteiger partial charge in [0.05, 0.1) is 0 Å². The molecule has 0 bridgehead atoms. The lowest BCUT2D eigenvalue weighted by atomic mass is 9.89. The SMILES string of the molecule is O=C(NCCCc1ccccc1)c1cccc(CC2CCCC2c2nc(-c3ccccc3)c(-c3ccccc3)o2)c1. The highest BCUT2D eigenvalue weighted by Crippen LogP contribution is 2.44. The van der Waals surface area contributed by atoms with Gasteiger partial charge in [-0.2, -0.15) is 0 Å². The van der Waals surface area contributed by atoms with Crippen LogP contribution in [-0.2, 0) is 12.8 Å². The molecule has 4 heteroatoms. The topological polar surface area (TPSA) is 55.1 Å². The lowest BCUT2D eigenvalue weighted by Gasteiger charge is -2.17. The zero-order chi connectivity index (χ0) is 27.9. The molecule has 5 aromatic rings. The minimum absolute atomic E-state index is 0.00408. The van der Waals surface area contributed by atoms with Gasteiger partial charge in [-0.05, 0) is 61.3 Å². The van der Waals surface area contributed by atoms with Crippen molar-refractivity contribution in [1.29, 1.82) is 0 Å². The van der Waals surface area contributed by atoms with Gasteiger partial charge in [0.2, 0.25) is 0 Å². The molecule has 206 valence electrons. The van der Waals surface area contributed by atoms with Crippen LogP contribution < -0.4 is 5.32 Å². The number of hydrogen-bond donors (Lipinski definition) is 1. The predicted octanol–water partition coefficient (Wildman–Crippen LogP) is 8.50. The number of carbonyl (C=O) groups is 1. The fourth-order valence-electron chi connectivity index (χ4n) is 6.06. The van der Waals surface area contributed by atoms with Crippen molar-refractivity contribution < 1.29 is 9.21 Å². The monoisotopic (exact) mass is 540 g/mol. The summed E-state index contributed by atoms with van der Waals surface area (Å²) in [5, 5.41) is 3.10. The maximum absolute atomic E-state index is 12.9. The molecule has 1 aliphatic rings. The third kappa shape index (κ3) is 6.49. The van der Waals surface area contributed by atoms with Crippen LogP contribution in [0, 0.1) is 5.92 Å². The van der Waals surface area contributed by atoms with E-state index in [0.717, 1.165) is 72.6 Å². The van der Waals surface area contributed by atoms with Gasteiger partial charge in [-0.15, -0.1) is 0 Å². The van der Waals surface area contributed by atoms with Crippen molar-refractivity contribution in [3.05, 3.63) is 138 Å². The quantitative estimate of drug-likeness (QED) is 0.181. The van der Waals surface area contributed by atoms with Crippen LogP contribution in [0.15, 0.2) is 120 Å². The Labute approximate surface area is 242 Å². The highest BCUT2D eigenvalue weighted by atomic mass is 16.4. The number of nitrogens with zero attached hydrogens (tertiary/aromatic N) is 1. The van der Waals surface area contributed by atoms with E-state index in [1.54, 1.807) is 0 Å². The molecule has 4 aromatic carbocycles. The lowest BCUT2D eigenvalue weighted by molar-refractivity contribution is 0.0953. The molecule has 6 rings (SSSR count). The lowest BCUT2D eigenvalue weighted by Crippen LogP contribution is -2.25. The molecule has 0 saturated heterocycles. The Morgan fingerprint density at radius 3 is 2.22 bits per heavy atom. The Morgan fingerprint density at radius 2 is 1.46 bits per heavy atom. The minimum Gasteiger partial charge on any atom is -0.440 e. The average Bonchev–Trinajstić information content (AvgIpc) is 3.68. The fraction of sp³-hybridized carbons (Fsp3) is 0.243. The second kappa shape index (κ2) is 12.8. The number of aryl methyl sites for hydroxylation is 1. The zero-order valence-corrected chi connectivity index (χ0v) is 23.3. The number of nitrogens with one attached hydrogen (secondary N) is 1. The molecule has 4 nitrogen and oxygen atoms in total. The van der Waals surface area contributed by atoms with Gasteiger partial charge in [0.1, 0.15) is 5.69 Å². The normalized spacial score (nSPS) is 16.5. The van der Waals surface area contributed by atoms with Gasteiger partial charge in [0.15, 0.2) is 11.7 Å². The molecule has 0 radical (unpaired) electrons. The van der Waals surface area contributed by atoms with Crippen molar-refractivity contribution in [2.24, 2.45) is 5.92 Å². The maximum atomic E-state index is 12.9. The smallest absolute Gasteiger partial charge is 0.251 e. The number of carbonyl (C=O) groups excluding carboxylic acids is 1. The van der Waals surface area contributed by atoms with Crippen LogP contribution in [0.5, 0.6) is 0 Å². The van der Waals surface area contributed by atoms with Crippen LogP contribution in [0.3, 0.4) is 0 Å². The van der Waals surface area contributed by atoms with Crippen molar-refractivity contribution >= 4 is 5.91 Å². The summed E-state index contributed by atoms with van der Waals surface area (Å²) in [5.41, 5.74) is 6.24. The summed E-state index contributed by atoms with van der Waals surface area (Å²) in [5.74, 6) is 2.34. The summed E-state index contributed by atoms with van der Waals surface area (Å²) < 4.78 is 6.58. The van der Waals surface area contributed by atoms with Crippen LogP contribution >= 0.6 is 0 Å². The van der Waals surface area contributed by atoms with Crippen LogP contribution in [0.4, 0.5) is 0 Å². The number of amides is 1. The summed E-state index contributed by atoms with van der Waals surface area (Å²) in [6.07, 6.45) is 6.14. The first-order chi connectivity index (χ1) is 20.2. The van der Waals surface area contributed by atoms with Crippen LogP contribution in [0.1, 0.15) is 59.0 Å². The largest absolute Gasteiger partial charge is 0.440 e. The molecule has 1 aliphatic carbocycles. The summed E-state index contributed by atoms with van der Waals surface area (Å²) in [6, 6.07) is 39.1. The average molecular weight is 541 g/mol. The highest BCUT2D eigenvalue weighted by Gasteiger charge is 2.33. The number of oxazole rings is 1. The standard InChI is InChI=1S/C37H36N2O2/c40-36(38-24-12-16-27-13-4-1-5-14-27)32-22-10-15-28(26-32)25-31-21-11-23-33(31)37-39-34(29-17-6-2-7-18-29)35(41-37)30-19-8-3-9-20-30/h1-10,13-15,17-20,22,26,31,33H,11-12,16,21,23-25H2,(H,38,40). The molecule has 1 saturated carbocycles. The summed E-state index contributed by atoms with van der Waals surface area (Å²) in [4.78, 5) is 18.0. The number of hydrogen-bond acceptors (Lipinski definition) is 3. The molecular weight excluding hydrogens is 504 g/mol. The highest BCUT2D eigenvalue weighted by molar-refractivity contribution is 5.94. The third-order valence-corrected chi connectivity index (χ3v) is 8.16. The van der Waals surface area contributed by atoms with Crippen LogP contribution in [0.2, 0.25) is 0 Å². The van der Waals surface area contributed by atoms with Crippen molar-refractivity contribution in [2.75, 3.05) is 6.54 Å². The molecule has 1 N–H and O–H groups in total. The third-order valence-electron chi connectivity index (χ3n) is 8.16. The maximum Gasteiger partial charge on any atom is 0.251 e. The molecule has 1 heterocycles. The number of aromatic nitrogens is 1. The Hall–Kier alpha value is -4.44. The number of rotatable bonds is 10.